The molecule has 2 heterocycles. The zero-order valence-corrected chi connectivity index (χ0v) is 17.9. The molecule has 2 aromatic rings. The van der Waals surface area contributed by atoms with Crippen LogP contribution in [0.2, 0.25) is 0 Å². The number of fused-ring (bicyclic) bond motifs is 1. The van der Waals surface area contributed by atoms with Gasteiger partial charge in [-0.3, -0.25) is 9.59 Å². The average molecular weight is 420 g/mol. The lowest BCUT2D eigenvalue weighted by atomic mass is 9.96. The molecule has 2 aliphatic rings. The summed E-state index contributed by atoms with van der Waals surface area (Å²) >= 11 is 0. The summed E-state index contributed by atoms with van der Waals surface area (Å²) in [4.78, 5) is 29.8. The number of benzene rings is 1. The van der Waals surface area contributed by atoms with Crippen LogP contribution in [-0.4, -0.2) is 35.4 Å². The van der Waals surface area contributed by atoms with E-state index in [1.54, 1.807) is 13.0 Å². The van der Waals surface area contributed by atoms with Gasteiger partial charge in [-0.15, -0.1) is 0 Å². The minimum absolute atomic E-state index is 0.101. The molecule has 3 atom stereocenters. The molecule has 7 nitrogen and oxygen atoms in total. The van der Waals surface area contributed by atoms with Crippen LogP contribution in [0.25, 0.3) is 5.57 Å². The van der Waals surface area contributed by atoms with Crippen molar-refractivity contribution in [2.75, 3.05) is 12.3 Å². The third-order valence-electron chi connectivity index (χ3n) is 5.98. The van der Waals surface area contributed by atoms with Gasteiger partial charge in [-0.1, -0.05) is 42.0 Å². The number of hydrogen-bond acceptors (Lipinski definition) is 5. The van der Waals surface area contributed by atoms with E-state index in [2.05, 4.69) is 52.1 Å². The van der Waals surface area contributed by atoms with E-state index in [0.29, 0.717) is 12.4 Å². The molecule has 1 aromatic heterocycles. The van der Waals surface area contributed by atoms with Crippen LogP contribution in [0.1, 0.15) is 48.2 Å². The Labute approximate surface area is 182 Å². The van der Waals surface area contributed by atoms with Gasteiger partial charge in [0, 0.05) is 12.2 Å². The SMILES string of the molecule is Cc1ccc(C2=C[C@@H](C(=O)N[C@@H](C)C(=O)N[C@@H]3CCc4nc(N)ccc43)NCC2)cc1. The Morgan fingerprint density at radius 3 is 2.71 bits per heavy atom. The summed E-state index contributed by atoms with van der Waals surface area (Å²) in [5, 5.41) is 9.10. The zero-order chi connectivity index (χ0) is 22.0. The Morgan fingerprint density at radius 1 is 1.16 bits per heavy atom. The normalized spacial score (nSPS) is 21.0. The highest BCUT2D eigenvalue weighted by Gasteiger charge is 2.28. The highest BCUT2D eigenvalue weighted by Crippen LogP contribution is 2.30. The van der Waals surface area contributed by atoms with Gasteiger partial charge in [-0.25, -0.2) is 4.98 Å². The summed E-state index contributed by atoms with van der Waals surface area (Å²) in [6.45, 7) is 4.48. The molecule has 5 N–H and O–H groups in total. The van der Waals surface area contributed by atoms with Crippen LogP contribution in [0, 0.1) is 6.92 Å². The number of nitrogen functional groups attached to an aromatic ring is 1. The minimum atomic E-state index is -0.641. The lowest BCUT2D eigenvalue weighted by Gasteiger charge is -2.25. The fourth-order valence-electron chi connectivity index (χ4n) is 4.18. The summed E-state index contributed by atoms with van der Waals surface area (Å²) in [7, 11) is 0. The van der Waals surface area contributed by atoms with Crippen LogP contribution in [0.15, 0.2) is 42.5 Å². The topological polar surface area (TPSA) is 109 Å². The van der Waals surface area contributed by atoms with Crippen molar-refractivity contribution in [3.05, 3.63) is 64.9 Å². The number of nitrogens with one attached hydrogen (secondary N) is 3. The number of nitrogens with two attached hydrogens (primary N) is 1. The van der Waals surface area contributed by atoms with E-state index in [4.69, 9.17) is 5.73 Å². The predicted octanol–water partition coefficient (Wildman–Crippen LogP) is 2.03. The predicted molar refractivity (Wildman–Crippen MR) is 121 cm³/mol. The van der Waals surface area contributed by atoms with E-state index in [1.165, 1.54) is 5.56 Å². The molecule has 1 aliphatic carbocycles. The molecular formula is C24H29N5O2. The summed E-state index contributed by atoms with van der Waals surface area (Å²) in [6, 6.07) is 10.8. The first-order valence-corrected chi connectivity index (χ1v) is 10.8. The van der Waals surface area contributed by atoms with Gasteiger partial charge in [0.1, 0.15) is 17.9 Å². The molecule has 1 aliphatic heterocycles. The lowest BCUT2D eigenvalue weighted by Crippen LogP contribution is -2.52. The average Bonchev–Trinajstić information content (AvgIpc) is 3.15. The summed E-state index contributed by atoms with van der Waals surface area (Å²) in [5.41, 5.74) is 11.2. The Balaban J connectivity index is 1.36. The number of pyridine rings is 1. The van der Waals surface area contributed by atoms with Gasteiger partial charge >= 0.3 is 0 Å². The highest BCUT2D eigenvalue weighted by molar-refractivity contribution is 5.92. The van der Waals surface area contributed by atoms with E-state index in [0.717, 1.165) is 41.7 Å². The molecule has 4 rings (SSSR count). The maximum atomic E-state index is 12.8. The zero-order valence-electron chi connectivity index (χ0n) is 17.9. The molecule has 0 radical (unpaired) electrons. The molecule has 0 fully saturated rings. The number of anilines is 1. The van der Waals surface area contributed by atoms with Gasteiger partial charge in [-0.2, -0.15) is 0 Å². The number of carbonyl (C=O) groups is 2. The molecule has 0 spiro atoms. The second kappa shape index (κ2) is 8.89. The number of amides is 2. The van der Waals surface area contributed by atoms with Crippen molar-refractivity contribution >= 4 is 23.2 Å². The molecule has 0 unspecified atom stereocenters. The molecule has 1 aromatic carbocycles. The van der Waals surface area contributed by atoms with Crippen molar-refractivity contribution in [2.24, 2.45) is 0 Å². The van der Waals surface area contributed by atoms with Crippen LogP contribution in [0.3, 0.4) is 0 Å². The van der Waals surface area contributed by atoms with Gasteiger partial charge in [0.05, 0.1) is 6.04 Å². The summed E-state index contributed by atoms with van der Waals surface area (Å²) < 4.78 is 0. The monoisotopic (exact) mass is 419 g/mol. The summed E-state index contributed by atoms with van der Waals surface area (Å²) in [6.07, 6.45) is 4.38. The number of aryl methyl sites for hydroxylation is 2. The number of rotatable bonds is 5. The first-order valence-electron chi connectivity index (χ1n) is 10.8. The fraction of sp³-hybridized carbons (Fsp3) is 0.375. The molecular weight excluding hydrogens is 390 g/mol. The molecule has 0 saturated heterocycles. The van der Waals surface area contributed by atoms with Crippen molar-refractivity contribution in [1.29, 1.82) is 0 Å². The Morgan fingerprint density at radius 2 is 1.94 bits per heavy atom. The molecule has 0 saturated carbocycles. The molecule has 31 heavy (non-hydrogen) atoms. The van der Waals surface area contributed by atoms with Gasteiger partial charge in [0.15, 0.2) is 0 Å². The minimum Gasteiger partial charge on any atom is -0.384 e. The first-order chi connectivity index (χ1) is 14.9. The number of nitrogens with zero attached hydrogens (tertiary/aromatic N) is 1. The van der Waals surface area contributed by atoms with E-state index in [1.807, 2.05) is 12.1 Å². The van der Waals surface area contributed by atoms with Crippen LogP contribution in [-0.2, 0) is 16.0 Å². The van der Waals surface area contributed by atoms with Crippen LogP contribution in [0.4, 0.5) is 5.82 Å². The van der Waals surface area contributed by atoms with Crippen molar-refractivity contribution in [3.63, 3.8) is 0 Å². The number of carbonyl (C=O) groups excluding carboxylic acids is 2. The van der Waals surface area contributed by atoms with Crippen LogP contribution in [0.5, 0.6) is 0 Å². The fourth-order valence-corrected chi connectivity index (χ4v) is 4.18. The van der Waals surface area contributed by atoms with E-state index >= 15 is 0 Å². The second-order valence-corrected chi connectivity index (χ2v) is 8.34. The third-order valence-corrected chi connectivity index (χ3v) is 5.98. The van der Waals surface area contributed by atoms with Crippen molar-refractivity contribution in [1.82, 2.24) is 20.9 Å². The molecule has 2 amide bonds. The van der Waals surface area contributed by atoms with Crippen LogP contribution < -0.4 is 21.7 Å². The van der Waals surface area contributed by atoms with Crippen molar-refractivity contribution in [2.45, 2.75) is 51.2 Å². The quantitative estimate of drug-likeness (QED) is 0.593. The maximum Gasteiger partial charge on any atom is 0.242 e. The smallest absolute Gasteiger partial charge is 0.242 e. The Hall–Kier alpha value is -3.19. The summed E-state index contributed by atoms with van der Waals surface area (Å²) in [5.74, 6) is 0.0826. The largest absolute Gasteiger partial charge is 0.384 e. The molecule has 162 valence electrons. The van der Waals surface area contributed by atoms with Gasteiger partial charge in [0.2, 0.25) is 11.8 Å². The van der Waals surface area contributed by atoms with Gasteiger partial charge < -0.3 is 21.7 Å². The van der Waals surface area contributed by atoms with E-state index in [9.17, 15) is 9.59 Å². The number of aromatic nitrogens is 1. The molecule has 0 bridgehead atoms. The first kappa shape index (κ1) is 21.1. The van der Waals surface area contributed by atoms with Crippen molar-refractivity contribution < 1.29 is 9.59 Å². The van der Waals surface area contributed by atoms with Crippen LogP contribution >= 0.6 is 0 Å². The standard InChI is InChI=1S/C24H29N5O2/c1-14-3-5-16(6-4-14)17-11-12-26-21(13-17)24(31)27-15(2)23(30)29-20-9-8-19-18(20)7-10-22(25)28-19/h3-7,10,13,15,20-21,26H,8-9,11-12H2,1-2H3,(H2,25,28)(H,27,31)(H,29,30)/t15-,20+,21-/m0/s1. The third kappa shape index (κ3) is 4.77. The maximum absolute atomic E-state index is 12.8. The highest BCUT2D eigenvalue weighted by atomic mass is 16.2. The molecule has 7 heteroatoms. The van der Waals surface area contributed by atoms with Gasteiger partial charge in [0.25, 0.3) is 0 Å². The van der Waals surface area contributed by atoms with E-state index < -0.39 is 12.1 Å². The lowest BCUT2D eigenvalue weighted by molar-refractivity contribution is -0.129. The Kier molecular flexibility index (Phi) is 6.04. The number of hydrogen-bond donors (Lipinski definition) is 4. The second-order valence-electron chi connectivity index (χ2n) is 8.34. The Bertz CT molecular complexity index is 1020. The van der Waals surface area contributed by atoms with E-state index in [-0.39, 0.29) is 17.9 Å². The van der Waals surface area contributed by atoms with Crippen molar-refractivity contribution in [3.8, 4) is 0 Å². The van der Waals surface area contributed by atoms with Gasteiger partial charge in [-0.05, 0) is 55.9 Å².